The molecule has 122 valence electrons. The van der Waals surface area contributed by atoms with Crippen LogP contribution in [0.5, 0.6) is 0 Å². The normalized spacial score (nSPS) is 17.7. The molecule has 2 aromatic rings. The lowest BCUT2D eigenvalue weighted by Gasteiger charge is -2.24. The molecule has 3 heterocycles. The maximum absolute atomic E-state index is 12.2. The number of nitrogens with zero attached hydrogens (tertiary/aromatic N) is 5. The summed E-state index contributed by atoms with van der Waals surface area (Å²) in [6, 6.07) is -0.0290. The maximum Gasteiger partial charge on any atom is 0.249 e. The minimum Gasteiger partial charge on any atom is -0.375 e. The monoisotopic (exact) mass is 315 g/mol. The maximum atomic E-state index is 12.2. The smallest absolute Gasteiger partial charge is 0.249 e. The van der Waals surface area contributed by atoms with Crippen LogP contribution in [0, 0.1) is 0 Å². The molecule has 7 heteroatoms. The second-order valence-corrected chi connectivity index (χ2v) is 5.55. The summed E-state index contributed by atoms with van der Waals surface area (Å²) < 4.78 is 6.91. The number of carbonyl (C=O) groups is 1. The zero-order valence-corrected chi connectivity index (χ0v) is 13.5. The summed E-state index contributed by atoms with van der Waals surface area (Å²) in [4.78, 5) is 27.4. The van der Waals surface area contributed by atoms with Crippen LogP contribution in [0.2, 0.25) is 0 Å². The SMILES string of the molecule is CCc1nccn1-c1cncc([C@H]2CCCN2C(=O)COC)n1. The lowest BCUT2D eigenvalue weighted by Crippen LogP contribution is -2.33. The highest BCUT2D eigenvalue weighted by atomic mass is 16.5. The molecule has 3 rings (SSSR count). The van der Waals surface area contributed by atoms with Gasteiger partial charge in [0.25, 0.3) is 0 Å². The van der Waals surface area contributed by atoms with Gasteiger partial charge in [0.05, 0.1) is 24.1 Å². The zero-order chi connectivity index (χ0) is 16.2. The summed E-state index contributed by atoms with van der Waals surface area (Å²) >= 11 is 0. The van der Waals surface area contributed by atoms with Crippen LogP contribution >= 0.6 is 0 Å². The third kappa shape index (κ3) is 3.10. The van der Waals surface area contributed by atoms with Crippen molar-refractivity contribution in [2.45, 2.75) is 32.2 Å². The number of hydrogen-bond acceptors (Lipinski definition) is 5. The Kier molecular flexibility index (Phi) is 4.66. The van der Waals surface area contributed by atoms with Gasteiger partial charge in [-0.15, -0.1) is 0 Å². The summed E-state index contributed by atoms with van der Waals surface area (Å²) in [7, 11) is 1.54. The molecule has 1 aliphatic heterocycles. The zero-order valence-electron chi connectivity index (χ0n) is 13.5. The number of ether oxygens (including phenoxy) is 1. The minimum atomic E-state index is -0.0290. The molecule has 2 aromatic heterocycles. The van der Waals surface area contributed by atoms with Gasteiger partial charge in [0.2, 0.25) is 5.91 Å². The quantitative estimate of drug-likeness (QED) is 0.836. The number of likely N-dealkylation sites (tertiary alicyclic amines) is 1. The number of aryl methyl sites for hydroxylation is 1. The summed E-state index contributed by atoms with van der Waals surface area (Å²) in [5.74, 6) is 1.68. The number of hydrogen-bond donors (Lipinski definition) is 0. The summed E-state index contributed by atoms with van der Waals surface area (Å²) in [6.45, 7) is 2.90. The molecule has 7 nitrogen and oxygen atoms in total. The third-order valence-electron chi connectivity index (χ3n) is 4.10. The Balaban J connectivity index is 1.89. The van der Waals surface area contributed by atoms with Gasteiger partial charge in [0.1, 0.15) is 12.4 Å². The van der Waals surface area contributed by atoms with Gasteiger partial charge in [0, 0.05) is 32.5 Å². The van der Waals surface area contributed by atoms with Crippen LogP contribution in [-0.4, -0.2) is 50.6 Å². The Morgan fingerprint density at radius 2 is 2.30 bits per heavy atom. The van der Waals surface area contributed by atoms with Crippen LogP contribution < -0.4 is 0 Å². The highest BCUT2D eigenvalue weighted by Gasteiger charge is 2.31. The van der Waals surface area contributed by atoms with Crippen LogP contribution in [0.3, 0.4) is 0 Å². The molecular weight excluding hydrogens is 294 g/mol. The van der Waals surface area contributed by atoms with Crippen molar-refractivity contribution in [2.75, 3.05) is 20.3 Å². The van der Waals surface area contributed by atoms with E-state index >= 15 is 0 Å². The fourth-order valence-electron chi connectivity index (χ4n) is 3.03. The van der Waals surface area contributed by atoms with Crippen molar-refractivity contribution in [3.63, 3.8) is 0 Å². The summed E-state index contributed by atoms with van der Waals surface area (Å²) in [5, 5.41) is 0. The molecule has 0 radical (unpaired) electrons. The van der Waals surface area contributed by atoms with Crippen LogP contribution in [0.4, 0.5) is 0 Å². The number of carbonyl (C=O) groups excluding carboxylic acids is 1. The Hall–Kier alpha value is -2.28. The van der Waals surface area contributed by atoms with Crippen LogP contribution in [0.1, 0.15) is 37.3 Å². The van der Waals surface area contributed by atoms with Crippen LogP contribution in [0.25, 0.3) is 5.82 Å². The number of rotatable bonds is 5. The Bertz CT molecular complexity index is 685. The van der Waals surface area contributed by atoms with E-state index in [9.17, 15) is 4.79 Å². The van der Waals surface area contributed by atoms with E-state index < -0.39 is 0 Å². The molecule has 0 bridgehead atoms. The van der Waals surface area contributed by atoms with Gasteiger partial charge in [-0.25, -0.2) is 9.97 Å². The van der Waals surface area contributed by atoms with Crippen molar-refractivity contribution in [1.82, 2.24) is 24.4 Å². The van der Waals surface area contributed by atoms with Gasteiger partial charge in [-0.05, 0) is 12.8 Å². The molecule has 0 N–H and O–H groups in total. The number of methoxy groups -OCH3 is 1. The fourth-order valence-corrected chi connectivity index (χ4v) is 3.03. The van der Waals surface area contributed by atoms with E-state index in [2.05, 4.69) is 16.9 Å². The average Bonchev–Trinajstić information content (AvgIpc) is 3.24. The highest BCUT2D eigenvalue weighted by Crippen LogP contribution is 2.30. The molecule has 23 heavy (non-hydrogen) atoms. The van der Waals surface area contributed by atoms with Crippen molar-refractivity contribution in [3.8, 4) is 5.82 Å². The van der Waals surface area contributed by atoms with E-state index in [1.807, 2.05) is 15.7 Å². The molecule has 0 spiro atoms. The molecule has 1 amide bonds. The van der Waals surface area contributed by atoms with Crippen molar-refractivity contribution >= 4 is 5.91 Å². The Morgan fingerprint density at radius 1 is 1.43 bits per heavy atom. The van der Waals surface area contributed by atoms with Crippen molar-refractivity contribution in [2.24, 2.45) is 0 Å². The van der Waals surface area contributed by atoms with E-state index in [0.29, 0.717) is 0 Å². The van der Waals surface area contributed by atoms with Crippen molar-refractivity contribution < 1.29 is 9.53 Å². The second-order valence-electron chi connectivity index (χ2n) is 5.55. The largest absolute Gasteiger partial charge is 0.375 e. The number of amides is 1. The Morgan fingerprint density at radius 3 is 3.09 bits per heavy atom. The highest BCUT2D eigenvalue weighted by molar-refractivity contribution is 5.78. The predicted molar refractivity (Wildman–Crippen MR) is 84.1 cm³/mol. The van der Waals surface area contributed by atoms with E-state index in [0.717, 1.165) is 43.1 Å². The first-order valence-corrected chi connectivity index (χ1v) is 7.87. The van der Waals surface area contributed by atoms with Gasteiger partial charge in [-0.2, -0.15) is 0 Å². The van der Waals surface area contributed by atoms with E-state index in [4.69, 9.17) is 9.72 Å². The standard InChI is InChI=1S/C16H21N5O2/c1-3-14-18-6-8-21(14)15-10-17-9-12(19-15)13-5-4-7-20(13)16(22)11-23-2/h6,8-10,13H,3-5,7,11H2,1-2H3/t13-/m1/s1. The molecule has 1 fully saturated rings. The molecule has 1 aliphatic rings. The lowest BCUT2D eigenvalue weighted by molar-refractivity contribution is -0.136. The molecular formula is C16H21N5O2. The molecule has 0 aliphatic carbocycles. The first-order chi connectivity index (χ1) is 11.2. The van der Waals surface area contributed by atoms with Gasteiger partial charge in [0.15, 0.2) is 5.82 Å². The van der Waals surface area contributed by atoms with E-state index in [1.54, 1.807) is 18.6 Å². The molecule has 0 unspecified atom stereocenters. The van der Waals surface area contributed by atoms with Crippen LogP contribution in [-0.2, 0) is 16.0 Å². The third-order valence-corrected chi connectivity index (χ3v) is 4.10. The van der Waals surface area contributed by atoms with Crippen molar-refractivity contribution in [3.05, 3.63) is 36.3 Å². The van der Waals surface area contributed by atoms with Crippen LogP contribution in [0.15, 0.2) is 24.8 Å². The first-order valence-electron chi connectivity index (χ1n) is 7.87. The lowest BCUT2D eigenvalue weighted by atomic mass is 10.1. The second kappa shape index (κ2) is 6.87. The summed E-state index contributed by atoms with van der Waals surface area (Å²) in [6.07, 6.45) is 9.80. The first kappa shape index (κ1) is 15.6. The molecule has 0 saturated carbocycles. The average molecular weight is 315 g/mol. The number of imidazole rings is 1. The number of aromatic nitrogens is 4. The van der Waals surface area contributed by atoms with Gasteiger partial charge in [-0.3, -0.25) is 14.3 Å². The fraction of sp³-hybridized carbons (Fsp3) is 0.500. The molecule has 0 aromatic carbocycles. The molecule has 1 saturated heterocycles. The van der Waals surface area contributed by atoms with Gasteiger partial charge < -0.3 is 9.64 Å². The van der Waals surface area contributed by atoms with Crippen molar-refractivity contribution in [1.29, 1.82) is 0 Å². The van der Waals surface area contributed by atoms with E-state index in [-0.39, 0.29) is 18.6 Å². The predicted octanol–water partition coefficient (Wildman–Crippen LogP) is 1.53. The summed E-state index contributed by atoms with van der Waals surface area (Å²) in [5.41, 5.74) is 0.820. The van der Waals surface area contributed by atoms with Gasteiger partial charge >= 0.3 is 0 Å². The Labute approximate surface area is 135 Å². The van der Waals surface area contributed by atoms with Gasteiger partial charge in [-0.1, -0.05) is 6.92 Å². The molecule has 1 atom stereocenters. The minimum absolute atomic E-state index is 0.000851. The topological polar surface area (TPSA) is 73.1 Å². The van der Waals surface area contributed by atoms with E-state index in [1.165, 1.54) is 7.11 Å².